The topological polar surface area (TPSA) is 37.3 Å². The van der Waals surface area contributed by atoms with Gasteiger partial charge in [-0.15, -0.1) is 0 Å². The molecule has 0 aromatic heterocycles. The second-order valence-corrected chi connectivity index (χ2v) is 3.07. The second kappa shape index (κ2) is 3.85. The molecule has 0 fully saturated rings. The Morgan fingerprint density at radius 2 is 1.93 bits per heavy atom. The monoisotopic (exact) mass is 196 g/mol. The van der Waals surface area contributed by atoms with Crippen LogP contribution in [0.5, 0.6) is 5.75 Å². The van der Waals surface area contributed by atoms with Crippen molar-refractivity contribution in [3.63, 3.8) is 0 Å². The van der Waals surface area contributed by atoms with E-state index in [1.807, 2.05) is 30.3 Å². The van der Waals surface area contributed by atoms with Crippen molar-refractivity contribution in [2.45, 2.75) is 0 Å². The predicted molar refractivity (Wildman–Crippen MR) is 58.6 cm³/mol. The number of carbonyl (C=O) groups excluding carboxylic acids is 1. The molecular weight excluding hydrogens is 188 g/mol. The summed E-state index contributed by atoms with van der Waals surface area (Å²) in [5.41, 5.74) is 0.500. The van der Waals surface area contributed by atoms with Gasteiger partial charge in [-0.1, -0.05) is 36.3 Å². The molecule has 0 aliphatic rings. The molecule has 0 heterocycles. The van der Waals surface area contributed by atoms with E-state index in [1.54, 1.807) is 6.07 Å². The first-order valence-electron chi connectivity index (χ1n) is 4.49. The van der Waals surface area contributed by atoms with Crippen molar-refractivity contribution in [1.29, 1.82) is 0 Å². The van der Waals surface area contributed by atoms with Gasteiger partial charge in [-0.2, -0.15) is 0 Å². The Balaban J connectivity index is 2.79. The summed E-state index contributed by atoms with van der Waals surface area (Å²) in [6.07, 6.45) is 0.515. The van der Waals surface area contributed by atoms with Crippen molar-refractivity contribution in [1.82, 2.24) is 0 Å². The lowest BCUT2D eigenvalue weighted by atomic mass is 10.0. The highest BCUT2D eigenvalue weighted by Gasteiger charge is 2.02. The number of hydrogen-bond acceptors (Lipinski definition) is 2. The second-order valence-electron chi connectivity index (χ2n) is 3.07. The summed E-state index contributed by atoms with van der Waals surface area (Å²) in [6, 6.07) is 11.0. The highest BCUT2D eigenvalue weighted by molar-refractivity contribution is 5.91. The van der Waals surface area contributed by atoms with Gasteiger partial charge in [-0.25, -0.2) is 0 Å². The molecule has 0 aliphatic heterocycles. The quantitative estimate of drug-likeness (QED) is 0.517. The van der Waals surface area contributed by atoms with E-state index in [4.69, 9.17) is 0 Å². The zero-order chi connectivity index (χ0) is 10.7. The van der Waals surface area contributed by atoms with E-state index in [1.165, 1.54) is 0 Å². The van der Waals surface area contributed by atoms with Crippen LogP contribution in [0.1, 0.15) is 5.56 Å². The molecule has 2 aromatic carbocycles. The van der Waals surface area contributed by atoms with Crippen LogP contribution in [0.15, 0.2) is 36.4 Å². The average molecular weight is 196 g/mol. The summed E-state index contributed by atoms with van der Waals surface area (Å²) in [5.74, 6) is 5.04. The number of hydrogen-bond donors (Lipinski definition) is 1. The fourth-order valence-electron chi connectivity index (χ4n) is 1.49. The third kappa shape index (κ3) is 1.68. The van der Waals surface area contributed by atoms with E-state index >= 15 is 0 Å². The minimum Gasteiger partial charge on any atom is -0.507 e. The Morgan fingerprint density at radius 3 is 2.73 bits per heavy atom. The van der Waals surface area contributed by atoms with E-state index in [9.17, 15) is 9.90 Å². The first-order valence-corrected chi connectivity index (χ1v) is 4.49. The van der Waals surface area contributed by atoms with Crippen molar-refractivity contribution in [3.8, 4) is 17.6 Å². The summed E-state index contributed by atoms with van der Waals surface area (Å²) >= 11 is 0. The van der Waals surface area contributed by atoms with Gasteiger partial charge in [0.15, 0.2) is 6.29 Å². The molecule has 0 saturated heterocycles. The number of fused-ring (bicyclic) bond motifs is 1. The lowest BCUT2D eigenvalue weighted by Gasteiger charge is -2.02. The molecule has 0 amide bonds. The summed E-state index contributed by atoms with van der Waals surface area (Å²) in [4.78, 5) is 10.2. The number of benzene rings is 2. The Kier molecular flexibility index (Phi) is 2.38. The molecule has 0 aliphatic carbocycles. The molecular formula is C13H8O2. The smallest absolute Gasteiger partial charge is 0.193 e. The average Bonchev–Trinajstić information content (AvgIpc) is 2.28. The van der Waals surface area contributed by atoms with Gasteiger partial charge >= 0.3 is 0 Å². The third-order valence-electron chi connectivity index (χ3n) is 2.16. The van der Waals surface area contributed by atoms with E-state index in [-0.39, 0.29) is 5.75 Å². The fourth-order valence-corrected chi connectivity index (χ4v) is 1.49. The van der Waals surface area contributed by atoms with Crippen LogP contribution in [0.4, 0.5) is 0 Å². The number of rotatable bonds is 0. The van der Waals surface area contributed by atoms with Crippen LogP contribution in [0, 0.1) is 11.8 Å². The van der Waals surface area contributed by atoms with Crippen LogP contribution in [0.3, 0.4) is 0 Å². The molecule has 0 unspecified atom stereocenters. The minimum atomic E-state index is 0.100. The van der Waals surface area contributed by atoms with Gasteiger partial charge in [0.05, 0.1) is 5.56 Å². The zero-order valence-corrected chi connectivity index (χ0v) is 7.90. The van der Waals surface area contributed by atoms with Gasteiger partial charge in [0, 0.05) is 5.39 Å². The summed E-state index contributed by atoms with van der Waals surface area (Å²) in [6.45, 7) is 0. The highest BCUT2D eigenvalue weighted by atomic mass is 16.3. The van der Waals surface area contributed by atoms with Crippen LogP contribution < -0.4 is 0 Å². The Morgan fingerprint density at radius 1 is 1.13 bits per heavy atom. The first-order chi connectivity index (χ1) is 7.33. The number of phenolic OH excluding ortho intramolecular Hbond substituents is 1. The molecule has 0 bridgehead atoms. The minimum absolute atomic E-state index is 0.100. The summed E-state index contributed by atoms with van der Waals surface area (Å²) in [5, 5.41) is 11.5. The van der Waals surface area contributed by atoms with Crippen LogP contribution in [-0.4, -0.2) is 11.4 Å². The Bertz CT molecular complexity index is 574. The third-order valence-corrected chi connectivity index (χ3v) is 2.16. The number of phenols is 1. The van der Waals surface area contributed by atoms with E-state index in [0.717, 1.165) is 10.8 Å². The van der Waals surface area contributed by atoms with Gasteiger partial charge in [0.1, 0.15) is 5.75 Å². The molecule has 72 valence electrons. The number of aromatic hydroxyl groups is 1. The Labute approximate surface area is 87.2 Å². The molecule has 2 rings (SSSR count). The maximum Gasteiger partial charge on any atom is 0.193 e. The van der Waals surface area contributed by atoms with Gasteiger partial charge in [-0.3, -0.25) is 4.79 Å². The maximum atomic E-state index is 10.2. The highest BCUT2D eigenvalue weighted by Crippen LogP contribution is 2.25. The van der Waals surface area contributed by atoms with Gasteiger partial charge < -0.3 is 5.11 Å². The molecule has 0 spiro atoms. The normalized spacial score (nSPS) is 9.33. The lowest BCUT2D eigenvalue weighted by molar-refractivity contribution is -0.103. The Hall–Kier alpha value is -2.27. The van der Waals surface area contributed by atoms with E-state index < -0.39 is 0 Å². The molecule has 2 aromatic rings. The van der Waals surface area contributed by atoms with Crippen LogP contribution in [0.2, 0.25) is 0 Å². The molecule has 0 saturated carbocycles. The molecule has 1 N–H and O–H groups in total. The van der Waals surface area contributed by atoms with Crippen molar-refractivity contribution in [2.75, 3.05) is 0 Å². The zero-order valence-electron chi connectivity index (χ0n) is 7.90. The molecule has 15 heavy (non-hydrogen) atoms. The maximum absolute atomic E-state index is 10.2. The molecule has 0 radical (unpaired) electrons. The van der Waals surface area contributed by atoms with Gasteiger partial charge in [0.25, 0.3) is 0 Å². The van der Waals surface area contributed by atoms with E-state index in [2.05, 4.69) is 11.8 Å². The van der Waals surface area contributed by atoms with Crippen molar-refractivity contribution >= 4 is 17.1 Å². The summed E-state index contributed by atoms with van der Waals surface area (Å²) in [7, 11) is 0. The SMILES string of the molecule is O=CC#Cc1c(O)ccc2ccccc12. The summed E-state index contributed by atoms with van der Waals surface area (Å²) < 4.78 is 0. The van der Waals surface area contributed by atoms with Crippen LogP contribution >= 0.6 is 0 Å². The predicted octanol–water partition coefficient (Wildman–Crippen LogP) is 2.10. The molecule has 2 heteroatoms. The van der Waals surface area contributed by atoms with Crippen LogP contribution in [-0.2, 0) is 4.79 Å². The molecule has 0 atom stereocenters. The van der Waals surface area contributed by atoms with Crippen molar-refractivity contribution < 1.29 is 9.90 Å². The fraction of sp³-hybridized carbons (Fsp3) is 0. The van der Waals surface area contributed by atoms with Crippen molar-refractivity contribution in [3.05, 3.63) is 42.0 Å². The largest absolute Gasteiger partial charge is 0.507 e. The number of aldehydes is 1. The standard InChI is InChI=1S/C13H8O2/c14-9-3-6-12-11-5-2-1-4-10(11)7-8-13(12)15/h1-2,4-5,7-9,15H. The first kappa shape index (κ1) is 9.29. The number of carbonyl (C=O) groups is 1. The molecule has 2 nitrogen and oxygen atoms in total. The van der Waals surface area contributed by atoms with Crippen LogP contribution in [0.25, 0.3) is 10.8 Å². The van der Waals surface area contributed by atoms with E-state index in [0.29, 0.717) is 11.8 Å². The lowest BCUT2D eigenvalue weighted by Crippen LogP contribution is -1.81. The van der Waals surface area contributed by atoms with Gasteiger partial charge in [0.2, 0.25) is 0 Å². The van der Waals surface area contributed by atoms with Gasteiger partial charge in [-0.05, 0) is 17.4 Å². The van der Waals surface area contributed by atoms with Crippen molar-refractivity contribution in [2.24, 2.45) is 0 Å².